The first kappa shape index (κ1) is 15.7. The number of aliphatic imine (C=N–C) groups is 1. The van der Waals surface area contributed by atoms with E-state index >= 15 is 0 Å². The lowest BCUT2D eigenvalue weighted by atomic mass is 10.0. The molecule has 0 bridgehead atoms. The summed E-state index contributed by atoms with van der Waals surface area (Å²) in [6, 6.07) is 24.3. The van der Waals surface area contributed by atoms with Crippen LogP contribution in [-0.2, 0) is 0 Å². The Morgan fingerprint density at radius 1 is 0.917 bits per heavy atom. The Hall–Kier alpha value is -3.20. The van der Waals surface area contributed by atoms with Crippen LogP contribution in [0.5, 0.6) is 5.75 Å². The average Bonchev–Trinajstić information content (AvgIpc) is 2.67. The summed E-state index contributed by atoms with van der Waals surface area (Å²) in [5, 5.41) is 0. The molecule has 0 aliphatic heterocycles. The first-order valence-electron chi connectivity index (χ1n) is 7.65. The Balaban J connectivity index is 2.00. The summed E-state index contributed by atoms with van der Waals surface area (Å²) in [6.45, 7) is 0. The van der Waals surface area contributed by atoms with E-state index in [1.807, 2.05) is 48.5 Å². The zero-order valence-electron chi connectivity index (χ0n) is 13.3. The van der Waals surface area contributed by atoms with E-state index in [1.54, 1.807) is 43.7 Å². The van der Waals surface area contributed by atoms with Crippen LogP contribution in [-0.4, -0.2) is 19.1 Å². The molecule has 0 unspecified atom stereocenters. The van der Waals surface area contributed by atoms with Gasteiger partial charge in [-0.2, -0.15) is 0 Å². The summed E-state index contributed by atoms with van der Waals surface area (Å²) in [7, 11) is 1.58. The van der Waals surface area contributed by atoms with Crippen LogP contribution in [0.15, 0.2) is 83.9 Å². The van der Waals surface area contributed by atoms with Gasteiger partial charge in [0.15, 0.2) is 5.78 Å². The molecule has 3 heteroatoms. The third-order valence-corrected chi connectivity index (χ3v) is 3.64. The van der Waals surface area contributed by atoms with Crippen molar-refractivity contribution in [1.82, 2.24) is 0 Å². The smallest absolute Gasteiger partial charge is 0.195 e. The molecule has 0 aromatic heterocycles. The van der Waals surface area contributed by atoms with Crippen molar-refractivity contribution >= 4 is 17.7 Å². The molecule has 0 aliphatic rings. The van der Waals surface area contributed by atoms with Crippen LogP contribution < -0.4 is 4.74 Å². The number of ether oxygens (including phenoxy) is 1. The summed E-state index contributed by atoms with van der Waals surface area (Å²) in [6.07, 6.45) is 1.75. The largest absolute Gasteiger partial charge is 0.497 e. The van der Waals surface area contributed by atoms with E-state index in [9.17, 15) is 4.79 Å². The van der Waals surface area contributed by atoms with Gasteiger partial charge >= 0.3 is 0 Å². The average molecular weight is 315 g/mol. The van der Waals surface area contributed by atoms with Gasteiger partial charge in [0.25, 0.3) is 0 Å². The molecule has 24 heavy (non-hydrogen) atoms. The number of carbonyl (C=O) groups excluding carboxylic acids is 1. The van der Waals surface area contributed by atoms with Crippen LogP contribution >= 0.6 is 0 Å². The predicted molar refractivity (Wildman–Crippen MR) is 96.6 cm³/mol. The van der Waals surface area contributed by atoms with Crippen LogP contribution in [0.3, 0.4) is 0 Å². The van der Waals surface area contributed by atoms with Gasteiger partial charge in [0.2, 0.25) is 0 Å². The topological polar surface area (TPSA) is 38.7 Å². The van der Waals surface area contributed by atoms with Gasteiger partial charge < -0.3 is 4.74 Å². The minimum absolute atomic E-state index is 0.0743. The van der Waals surface area contributed by atoms with Crippen molar-refractivity contribution < 1.29 is 9.53 Å². The van der Waals surface area contributed by atoms with E-state index in [4.69, 9.17) is 4.74 Å². The van der Waals surface area contributed by atoms with Crippen LogP contribution in [0, 0.1) is 0 Å². The van der Waals surface area contributed by atoms with Crippen LogP contribution in [0.4, 0.5) is 5.69 Å². The second-order valence-corrected chi connectivity index (χ2v) is 5.25. The van der Waals surface area contributed by atoms with Crippen molar-refractivity contribution in [2.24, 2.45) is 4.99 Å². The van der Waals surface area contributed by atoms with Gasteiger partial charge in [-0.3, -0.25) is 9.79 Å². The number of nitrogens with zero attached hydrogens (tertiary/aromatic N) is 1. The third-order valence-electron chi connectivity index (χ3n) is 3.64. The fourth-order valence-corrected chi connectivity index (χ4v) is 2.36. The monoisotopic (exact) mass is 315 g/mol. The van der Waals surface area contributed by atoms with Gasteiger partial charge in [-0.15, -0.1) is 0 Å². The maximum Gasteiger partial charge on any atom is 0.195 e. The normalized spacial score (nSPS) is 10.7. The van der Waals surface area contributed by atoms with Crippen molar-refractivity contribution in [2.45, 2.75) is 0 Å². The van der Waals surface area contributed by atoms with E-state index in [0.717, 1.165) is 5.56 Å². The predicted octanol–water partition coefficient (Wildman–Crippen LogP) is 4.68. The first-order chi connectivity index (χ1) is 11.8. The van der Waals surface area contributed by atoms with E-state index < -0.39 is 0 Å². The van der Waals surface area contributed by atoms with Gasteiger partial charge in [-0.25, -0.2) is 0 Å². The molecule has 0 aliphatic carbocycles. The molecular weight excluding hydrogens is 298 g/mol. The minimum Gasteiger partial charge on any atom is -0.497 e. The maximum absolute atomic E-state index is 12.8. The summed E-state index contributed by atoms with van der Waals surface area (Å²) in [5.41, 5.74) is 2.74. The highest BCUT2D eigenvalue weighted by Crippen LogP contribution is 2.27. The van der Waals surface area contributed by atoms with Crippen LogP contribution in [0.2, 0.25) is 0 Å². The molecule has 0 fully saturated rings. The van der Waals surface area contributed by atoms with Gasteiger partial charge in [0.1, 0.15) is 5.75 Å². The molecule has 3 rings (SSSR count). The Kier molecular flexibility index (Phi) is 4.82. The van der Waals surface area contributed by atoms with E-state index in [-0.39, 0.29) is 5.78 Å². The molecule has 0 atom stereocenters. The summed E-state index contributed by atoms with van der Waals surface area (Å²) in [5.74, 6) is 0.558. The molecule has 0 spiro atoms. The molecule has 3 aromatic carbocycles. The Labute approximate surface area is 141 Å². The van der Waals surface area contributed by atoms with E-state index in [1.165, 1.54) is 0 Å². The number of hydrogen-bond donors (Lipinski definition) is 0. The van der Waals surface area contributed by atoms with Crippen molar-refractivity contribution in [3.8, 4) is 5.75 Å². The minimum atomic E-state index is -0.0743. The summed E-state index contributed by atoms with van der Waals surface area (Å²) in [4.78, 5) is 17.3. The second kappa shape index (κ2) is 7.38. The number of benzene rings is 3. The van der Waals surface area contributed by atoms with Crippen molar-refractivity contribution in [3.05, 3.63) is 95.6 Å². The lowest BCUT2D eigenvalue weighted by Crippen LogP contribution is -2.02. The number of ketones is 1. The molecule has 0 saturated heterocycles. The van der Waals surface area contributed by atoms with Crippen LogP contribution in [0.1, 0.15) is 21.5 Å². The lowest BCUT2D eigenvalue weighted by molar-refractivity contribution is 0.103. The summed E-state index contributed by atoms with van der Waals surface area (Å²) < 4.78 is 5.25. The van der Waals surface area contributed by atoms with Gasteiger partial charge in [-0.05, 0) is 23.8 Å². The molecule has 0 saturated carbocycles. The van der Waals surface area contributed by atoms with Crippen LogP contribution in [0.25, 0.3) is 0 Å². The molecule has 0 N–H and O–H groups in total. The van der Waals surface area contributed by atoms with Crippen molar-refractivity contribution in [2.75, 3.05) is 7.11 Å². The van der Waals surface area contributed by atoms with Crippen molar-refractivity contribution in [1.29, 1.82) is 0 Å². The Morgan fingerprint density at radius 2 is 1.58 bits per heavy atom. The van der Waals surface area contributed by atoms with Gasteiger partial charge in [0, 0.05) is 11.8 Å². The molecule has 0 heterocycles. The standard InChI is InChI=1S/C21H17NO2/c1-24-18-12-13-20(22-15-16-8-4-2-5-9-16)19(14-18)21(23)17-10-6-3-7-11-17/h2-15H,1H3. The maximum atomic E-state index is 12.8. The third kappa shape index (κ3) is 3.58. The molecule has 0 amide bonds. The van der Waals surface area contributed by atoms with Gasteiger partial charge in [0.05, 0.1) is 18.4 Å². The first-order valence-corrected chi connectivity index (χ1v) is 7.65. The molecule has 3 aromatic rings. The highest BCUT2D eigenvalue weighted by molar-refractivity contribution is 6.12. The highest BCUT2D eigenvalue weighted by Gasteiger charge is 2.14. The zero-order valence-corrected chi connectivity index (χ0v) is 13.3. The Bertz CT molecular complexity index is 856. The fraction of sp³-hybridized carbons (Fsp3) is 0.0476. The fourth-order valence-electron chi connectivity index (χ4n) is 2.36. The Morgan fingerprint density at radius 3 is 2.25 bits per heavy atom. The quantitative estimate of drug-likeness (QED) is 0.506. The van der Waals surface area contributed by atoms with Crippen molar-refractivity contribution in [3.63, 3.8) is 0 Å². The molecular formula is C21H17NO2. The molecule has 0 radical (unpaired) electrons. The highest BCUT2D eigenvalue weighted by atomic mass is 16.5. The number of methoxy groups -OCH3 is 1. The summed E-state index contributed by atoms with van der Waals surface area (Å²) >= 11 is 0. The number of hydrogen-bond acceptors (Lipinski definition) is 3. The molecule has 3 nitrogen and oxygen atoms in total. The van der Waals surface area contributed by atoms with E-state index in [2.05, 4.69) is 4.99 Å². The zero-order chi connectivity index (χ0) is 16.8. The lowest BCUT2D eigenvalue weighted by Gasteiger charge is -2.08. The molecule has 118 valence electrons. The van der Waals surface area contributed by atoms with Gasteiger partial charge in [-0.1, -0.05) is 60.7 Å². The SMILES string of the molecule is COc1ccc(N=Cc2ccccc2)c(C(=O)c2ccccc2)c1. The number of rotatable bonds is 5. The van der Waals surface area contributed by atoms with E-state index in [0.29, 0.717) is 22.6 Å². The second-order valence-electron chi connectivity index (χ2n) is 5.25. The number of carbonyl (C=O) groups is 1.